The molecule has 1 aliphatic heterocycles. The van der Waals surface area contributed by atoms with Crippen LogP contribution in [0, 0.1) is 0 Å². The third-order valence-corrected chi connectivity index (χ3v) is 1.68. The SMILES string of the molecule is COC(OC)C1CCC(=O)O1. The van der Waals surface area contributed by atoms with E-state index in [1.165, 1.54) is 14.2 Å². The lowest BCUT2D eigenvalue weighted by Gasteiger charge is -2.18. The first-order valence-corrected chi connectivity index (χ1v) is 3.53. The van der Waals surface area contributed by atoms with Gasteiger partial charge >= 0.3 is 5.97 Å². The minimum absolute atomic E-state index is 0.172. The summed E-state index contributed by atoms with van der Waals surface area (Å²) in [7, 11) is 3.06. The van der Waals surface area contributed by atoms with Gasteiger partial charge < -0.3 is 14.2 Å². The van der Waals surface area contributed by atoms with Crippen LogP contribution in [0.2, 0.25) is 0 Å². The van der Waals surface area contributed by atoms with Crippen LogP contribution in [-0.4, -0.2) is 32.6 Å². The predicted octanol–water partition coefficient (Wildman–Crippen LogP) is 0.311. The fourth-order valence-corrected chi connectivity index (χ4v) is 1.14. The number of cyclic esters (lactones) is 1. The molecule has 0 radical (unpaired) electrons. The summed E-state index contributed by atoms with van der Waals surface area (Å²) in [4.78, 5) is 10.7. The second-order valence-electron chi connectivity index (χ2n) is 2.41. The first kappa shape index (κ1) is 8.49. The molecule has 0 aromatic heterocycles. The van der Waals surface area contributed by atoms with Gasteiger partial charge in [-0.25, -0.2) is 0 Å². The van der Waals surface area contributed by atoms with Crippen LogP contribution >= 0.6 is 0 Å². The van der Waals surface area contributed by atoms with E-state index in [0.717, 1.165) is 0 Å². The number of rotatable bonds is 3. The summed E-state index contributed by atoms with van der Waals surface area (Å²) in [6.07, 6.45) is 0.512. The number of hydrogen-bond acceptors (Lipinski definition) is 4. The van der Waals surface area contributed by atoms with Crippen LogP contribution in [0.3, 0.4) is 0 Å². The van der Waals surface area contributed by atoms with E-state index in [2.05, 4.69) is 0 Å². The summed E-state index contributed by atoms with van der Waals surface area (Å²) in [6.45, 7) is 0. The van der Waals surface area contributed by atoms with Crippen LogP contribution in [0.4, 0.5) is 0 Å². The lowest BCUT2D eigenvalue weighted by Crippen LogP contribution is -2.29. The Kier molecular flexibility index (Phi) is 2.84. The van der Waals surface area contributed by atoms with Crippen molar-refractivity contribution in [2.45, 2.75) is 25.2 Å². The van der Waals surface area contributed by atoms with E-state index < -0.39 is 6.29 Å². The highest BCUT2D eigenvalue weighted by Crippen LogP contribution is 2.18. The number of carbonyl (C=O) groups is 1. The second-order valence-corrected chi connectivity index (χ2v) is 2.41. The molecule has 0 aromatic carbocycles. The summed E-state index contributed by atoms with van der Waals surface area (Å²) >= 11 is 0. The van der Waals surface area contributed by atoms with Gasteiger partial charge in [-0.05, 0) is 6.42 Å². The maximum absolute atomic E-state index is 10.7. The summed E-state index contributed by atoms with van der Waals surface area (Å²) in [5, 5.41) is 0. The molecule has 0 saturated carbocycles. The number of methoxy groups -OCH3 is 2. The minimum atomic E-state index is -0.415. The molecule has 0 amide bonds. The van der Waals surface area contributed by atoms with Gasteiger partial charge in [0.2, 0.25) is 0 Å². The molecule has 1 rings (SSSR count). The van der Waals surface area contributed by atoms with Crippen molar-refractivity contribution in [1.82, 2.24) is 0 Å². The Hall–Kier alpha value is -0.610. The topological polar surface area (TPSA) is 44.8 Å². The van der Waals surface area contributed by atoms with Gasteiger partial charge in [-0.3, -0.25) is 4.79 Å². The van der Waals surface area contributed by atoms with Crippen LogP contribution in [0.15, 0.2) is 0 Å². The van der Waals surface area contributed by atoms with Gasteiger partial charge in [0.05, 0.1) is 0 Å². The van der Waals surface area contributed by atoms with Crippen molar-refractivity contribution in [3.63, 3.8) is 0 Å². The molecular weight excluding hydrogens is 148 g/mol. The smallest absolute Gasteiger partial charge is 0.306 e. The van der Waals surface area contributed by atoms with Crippen LogP contribution < -0.4 is 0 Å². The Labute approximate surface area is 65.4 Å². The van der Waals surface area contributed by atoms with Crippen LogP contribution in [0.1, 0.15) is 12.8 Å². The molecule has 4 heteroatoms. The quantitative estimate of drug-likeness (QED) is 0.440. The molecule has 11 heavy (non-hydrogen) atoms. The van der Waals surface area contributed by atoms with Gasteiger partial charge in [0.15, 0.2) is 12.4 Å². The van der Waals surface area contributed by atoms with Crippen molar-refractivity contribution in [2.75, 3.05) is 14.2 Å². The molecule has 1 aliphatic rings. The molecule has 0 spiro atoms. The van der Waals surface area contributed by atoms with Gasteiger partial charge in [0.25, 0.3) is 0 Å². The normalized spacial score (nSPS) is 24.3. The maximum Gasteiger partial charge on any atom is 0.306 e. The lowest BCUT2D eigenvalue weighted by molar-refractivity contribution is -0.178. The van der Waals surface area contributed by atoms with Crippen LogP contribution in [0.5, 0.6) is 0 Å². The van der Waals surface area contributed by atoms with E-state index in [4.69, 9.17) is 14.2 Å². The van der Waals surface area contributed by atoms with E-state index in [0.29, 0.717) is 12.8 Å². The average Bonchev–Trinajstić information content (AvgIpc) is 2.39. The zero-order chi connectivity index (χ0) is 8.27. The molecule has 64 valence electrons. The molecule has 0 aromatic rings. The Morgan fingerprint density at radius 2 is 2.18 bits per heavy atom. The van der Waals surface area contributed by atoms with E-state index in [9.17, 15) is 4.79 Å². The molecule has 0 bridgehead atoms. The Morgan fingerprint density at radius 1 is 1.55 bits per heavy atom. The molecule has 1 unspecified atom stereocenters. The maximum atomic E-state index is 10.7. The van der Waals surface area contributed by atoms with Crippen LogP contribution in [-0.2, 0) is 19.0 Å². The Balaban J connectivity index is 2.40. The third-order valence-electron chi connectivity index (χ3n) is 1.68. The monoisotopic (exact) mass is 160 g/mol. The standard InChI is InChI=1S/C7H12O4/c1-9-7(10-2)5-3-4-6(8)11-5/h5,7H,3-4H2,1-2H3. The second kappa shape index (κ2) is 3.69. The van der Waals surface area contributed by atoms with E-state index in [1.54, 1.807) is 0 Å². The molecule has 1 heterocycles. The zero-order valence-electron chi connectivity index (χ0n) is 6.70. The van der Waals surface area contributed by atoms with Crippen molar-refractivity contribution >= 4 is 5.97 Å². The number of ether oxygens (including phenoxy) is 3. The molecule has 1 saturated heterocycles. The predicted molar refractivity (Wildman–Crippen MR) is 36.9 cm³/mol. The van der Waals surface area contributed by atoms with Crippen molar-refractivity contribution in [3.05, 3.63) is 0 Å². The fourth-order valence-electron chi connectivity index (χ4n) is 1.14. The van der Waals surface area contributed by atoms with E-state index in [1.807, 2.05) is 0 Å². The van der Waals surface area contributed by atoms with Crippen molar-refractivity contribution in [3.8, 4) is 0 Å². The first-order valence-electron chi connectivity index (χ1n) is 3.53. The highest BCUT2D eigenvalue weighted by Gasteiger charge is 2.30. The minimum Gasteiger partial charge on any atom is -0.457 e. The lowest BCUT2D eigenvalue weighted by atomic mass is 10.2. The van der Waals surface area contributed by atoms with E-state index in [-0.39, 0.29) is 12.1 Å². The number of esters is 1. The van der Waals surface area contributed by atoms with Gasteiger partial charge in [-0.1, -0.05) is 0 Å². The highest BCUT2D eigenvalue weighted by molar-refractivity contribution is 5.71. The van der Waals surface area contributed by atoms with Gasteiger partial charge in [0.1, 0.15) is 0 Å². The van der Waals surface area contributed by atoms with Crippen molar-refractivity contribution in [1.29, 1.82) is 0 Å². The summed E-state index contributed by atoms with van der Waals surface area (Å²) in [6, 6.07) is 0. The Bertz CT molecular complexity index is 141. The molecule has 1 atom stereocenters. The van der Waals surface area contributed by atoms with Crippen molar-refractivity contribution < 1.29 is 19.0 Å². The highest BCUT2D eigenvalue weighted by atomic mass is 16.7. The number of hydrogen-bond donors (Lipinski definition) is 0. The summed E-state index contributed by atoms with van der Waals surface area (Å²) in [5.41, 5.74) is 0. The summed E-state index contributed by atoms with van der Waals surface area (Å²) in [5.74, 6) is -0.172. The van der Waals surface area contributed by atoms with Gasteiger partial charge in [-0.15, -0.1) is 0 Å². The average molecular weight is 160 g/mol. The number of carbonyl (C=O) groups excluding carboxylic acids is 1. The van der Waals surface area contributed by atoms with Crippen LogP contribution in [0.25, 0.3) is 0 Å². The molecular formula is C7H12O4. The summed E-state index contributed by atoms with van der Waals surface area (Å²) < 4.78 is 14.8. The van der Waals surface area contributed by atoms with E-state index >= 15 is 0 Å². The van der Waals surface area contributed by atoms with Gasteiger partial charge in [-0.2, -0.15) is 0 Å². The first-order chi connectivity index (χ1) is 5.27. The molecule has 1 fully saturated rings. The zero-order valence-corrected chi connectivity index (χ0v) is 6.70. The Morgan fingerprint density at radius 3 is 2.55 bits per heavy atom. The molecule has 4 nitrogen and oxygen atoms in total. The third kappa shape index (κ3) is 1.91. The molecule has 0 aliphatic carbocycles. The van der Waals surface area contributed by atoms with Gasteiger partial charge in [0, 0.05) is 20.6 Å². The van der Waals surface area contributed by atoms with Crippen molar-refractivity contribution in [2.24, 2.45) is 0 Å². The largest absolute Gasteiger partial charge is 0.457 e. The molecule has 0 N–H and O–H groups in total. The fraction of sp³-hybridized carbons (Fsp3) is 0.857.